The van der Waals surface area contributed by atoms with Crippen molar-refractivity contribution in [3.05, 3.63) is 0 Å². The van der Waals surface area contributed by atoms with Crippen molar-refractivity contribution in [3.63, 3.8) is 0 Å². The molecule has 5 nitrogen and oxygen atoms in total. The zero-order valence-electron chi connectivity index (χ0n) is 8.04. The highest BCUT2D eigenvalue weighted by Gasteiger charge is 2.07. The summed E-state index contributed by atoms with van der Waals surface area (Å²) in [5, 5.41) is 10.6. The van der Waals surface area contributed by atoms with Gasteiger partial charge in [-0.05, 0) is 13.1 Å². The SMILES string of the molecule is CCN(CC)CC(=O)NCC(=O)O. The van der Waals surface area contributed by atoms with Crippen LogP contribution in [0.5, 0.6) is 0 Å². The summed E-state index contributed by atoms with van der Waals surface area (Å²) in [4.78, 5) is 23.1. The van der Waals surface area contributed by atoms with Gasteiger partial charge in [-0.25, -0.2) is 0 Å². The van der Waals surface area contributed by atoms with Crippen LogP contribution in [0.1, 0.15) is 13.8 Å². The van der Waals surface area contributed by atoms with E-state index in [4.69, 9.17) is 5.11 Å². The maximum absolute atomic E-state index is 11.1. The first-order chi connectivity index (χ1) is 6.10. The highest BCUT2D eigenvalue weighted by Crippen LogP contribution is 1.85. The molecule has 0 aromatic carbocycles. The van der Waals surface area contributed by atoms with Crippen LogP contribution < -0.4 is 5.32 Å². The Bertz CT molecular complexity index is 178. The number of hydrogen-bond donors (Lipinski definition) is 2. The van der Waals surface area contributed by atoms with Crippen LogP contribution in [0.3, 0.4) is 0 Å². The monoisotopic (exact) mass is 188 g/mol. The number of aliphatic carboxylic acids is 1. The number of carboxylic acid groups (broad SMARTS) is 1. The van der Waals surface area contributed by atoms with Crippen LogP contribution in [0.25, 0.3) is 0 Å². The molecule has 0 fully saturated rings. The third-order valence-electron chi connectivity index (χ3n) is 1.70. The summed E-state index contributed by atoms with van der Waals surface area (Å²) in [6, 6.07) is 0. The molecule has 2 N–H and O–H groups in total. The number of likely N-dealkylation sites (N-methyl/N-ethyl adjacent to an activating group) is 1. The lowest BCUT2D eigenvalue weighted by Crippen LogP contribution is -2.39. The molecule has 0 spiro atoms. The van der Waals surface area contributed by atoms with Gasteiger partial charge in [0, 0.05) is 0 Å². The molecule has 0 heterocycles. The summed E-state index contributed by atoms with van der Waals surface area (Å²) in [7, 11) is 0. The van der Waals surface area contributed by atoms with Gasteiger partial charge in [0.2, 0.25) is 5.91 Å². The Hall–Kier alpha value is -1.10. The van der Waals surface area contributed by atoms with Crippen molar-refractivity contribution in [1.82, 2.24) is 10.2 Å². The number of carboxylic acids is 1. The lowest BCUT2D eigenvalue weighted by Gasteiger charge is -2.16. The van der Waals surface area contributed by atoms with E-state index >= 15 is 0 Å². The second-order valence-corrected chi connectivity index (χ2v) is 2.63. The molecule has 0 saturated carbocycles. The van der Waals surface area contributed by atoms with Crippen molar-refractivity contribution in [1.29, 1.82) is 0 Å². The fourth-order valence-corrected chi connectivity index (χ4v) is 0.880. The quantitative estimate of drug-likeness (QED) is 0.591. The lowest BCUT2D eigenvalue weighted by atomic mass is 10.4. The molecule has 0 saturated heterocycles. The second kappa shape index (κ2) is 6.42. The predicted octanol–water partition coefficient (Wildman–Crippen LogP) is -0.471. The molecular weight excluding hydrogens is 172 g/mol. The zero-order chi connectivity index (χ0) is 10.3. The molecule has 0 unspecified atom stereocenters. The van der Waals surface area contributed by atoms with Crippen molar-refractivity contribution in [2.75, 3.05) is 26.2 Å². The van der Waals surface area contributed by atoms with E-state index in [2.05, 4.69) is 5.32 Å². The third-order valence-corrected chi connectivity index (χ3v) is 1.70. The van der Waals surface area contributed by atoms with Crippen LogP contribution in [-0.2, 0) is 9.59 Å². The molecule has 0 aromatic rings. The summed E-state index contributed by atoms with van der Waals surface area (Å²) in [5.74, 6) is -1.26. The molecular formula is C8H16N2O3. The molecule has 0 aliphatic carbocycles. The lowest BCUT2D eigenvalue weighted by molar-refractivity contribution is -0.138. The first kappa shape index (κ1) is 11.9. The Morgan fingerprint density at radius 2 is 1.85 bits per heavy atom. The van der Waals surface area contributed by atoms with Gasteiger partial charge in [-0.1, -0.05) is 13.8 Å². The molecule has 0 radical (unpaired) electrons. The van der Waals surface area contributed by atoms with Crippen LogP contribution in [0.2, 0.25) is 0 Å². The second-order valence-electron chi connectivity index (χ2n) is 2.63. The average molecular weight is 188 g/mol. The zero-order valence-corrected chi connectivity index (χ0v) is 8.04. The molecule has 0 bridgehead atoms. The van der Waals surface area contributed by atoms with E-state index in [9.17, 15) is 9.59 Å². The molecule has 1 amide bonds. The van der Waals surface area contributed by atoms with Gasteiger partial charge in [0.1, 0.15) is 6.54 Å². The van der Waals surface area contributed by atoms with Crippen molar-refractivity contribution >= 4 is 11.9 Å². The largest absolute Gasteiger partial charge is 0.480 e. The van der Waals surface area contributed by atoms with Gasteiger partial charge in [0.15, 0.2) is 0 Å². The third kappa shape index (κ3) is 6.10. The maximum atomic E-state index is 11.1. The normalized spacial score (nSPS) is 10.1. The van der Waals surface area contributed by atoms with Gasteiger partial charge in [-0.3, -0.25) is 14.5 Å². The number of nitrogens with zero attached hydrogens (tertiary/aromatic N) is 1. The Labute approximate surface area is 77.7 Å². The minimum absolute atomic E-state index is 0.244. The smallest absolute Gasteiger partial charge is 0.322 e. The van der Waals surface area contributed by atoms with E-state index in [1.54, 1.807) is 0 Å². The van der Waals surface area contributed by atoms with Gasteiger partial charge >= 0.3 is 5.97 Å². The summed E-state index contributed by atoms with van der Waals surface area (Å²) in [6.07, 6.45) is 0. The van der Waals surface area contributed by atoms with E-state index in [0.717, 1.165) is 13.1 Å². The van der Waals surface area contributed by atoms with Gasteiger partial charge in [-0.15, -0.1) is 0 Å². The summed E-state index contributed by atoms with van der Waals surface area (Å²) in [5.41, 5.74) is 0. The van der Waals surface area contributed by atoms with Crippen molar-refractivity contribution in [2.45, 2.75) is 13.8 Å². The highest BCUT2D eigenvalue weighted by molar-refractivity contribution is 5.82. The summed E-state index contributed by atoms with van der Waals surface area (Å²) in [6.45, 7) is 5.44. The fraction of sp³-hybridized carbons (Fsp3) is 0.750. The van der Waals surface area contributed by atoms with Crippen LogP contribution in [0.4, 0.5) is 0 Å². The molecule has 13 heavy (non-hydrogen) atoms. The Balaban J connectivity index is 3.66. The van der Waals surface area contributed by atoms with Crippen molar-refractivity contribution in [3.8, 4) is 0 Å². The van der Waals surface area contributed by atoms with Gasteiger partial charge in [0.25, 0.3) is 0 Å². The standard InChI is InChI=1S/C8H16N2O3/c1-3-10(4-2)6-7(11)9-5-8(12)13/h3-6H2,1-2H3,(H,9,11)(H,12,13). The fourth-order valence-electron chi connectivity index (χ4n) is 0.880. The van der Waals surface area contributed by atoms with E-state index < -0.39 is 5.97 Å². The Kier molecular flexibility index (Phi) is 5.88. The average Bonchev–Trinajstić information content (AvgIpc) is 2.10. The number of amides is 1. The van der Waals surface area contributed by atoms with Crippen LogP contribution in [-0.4, -0.2) is 48.1 Å². The number of rotatable bonds is 6. The highest BCUT2D eigenvalue weighted by atomic mass is 16.4. The maximum Gasteiger partial charge on any atom is 0.322 e. The topological polar surface area (TPSA) is 69.6 Å². The first-order valence-electron chi connectivity index (χ1n) is 4.31. The van der Waals surface area contributed by atoms with E-state index in [-0.39, 0.29) is 19.0 Å². The Morgan fingerprint density at radius 1 is 1.31 bits per heavy atom. The number of nitrogens with one attached hydrogen (secondary N) is 1. The van der Waals surface area contributed by atoms with Crippen LogP contribution >= 0.6 is 0 Å². The van der Waals surface area contributed by atoms with Crippen molar-refractivity contribution < 1.29 is 14.7 Å². The molecule has 0 aliphatic rings. The van der Waals surface area contributed by atoms with Gasteiger partial charge < -0.3 is 10.4 Å². The molecule has 76 valence electrons. The van der Waals surface area contributed by atoms with E-state index in [1.807, 2.05) is 18.7 Å². The Morgan fingerprint density at radius 3 is 2.23 bits per heavy atom. The minimum atomic E-state index is -1.02. The molecule has 5 heteroatoms. The van der Waals surface area contributed by atoms with Crippen molar-refractivity contribution in [2.24, 2.45) is 0 Å². The molecule has 0 aromatic heterocycles. The van der Waals surface area contributed by atoms with Crippen LogP contribution in [0, 0.1) is 0 Å². The van der Waals surface area contributed by atoms with Gasteiger partial charge in [-0.2, -0.15) is 0 Å². The number of carbonyl (C=O) groups excluding carboxylic acids is 1. The molecule has 0 atom stereocenters. The van der Waals surface area contributed by atoms with E-state index in [1.165, 1.54) is 0 Å². The van der Waals surface area contributed by atoms with E-state index in [0.29, 0.717) is 0 Å². The number of carbonyl (C=O) groups is 2. The first-order valence-corrected chi connectivity index (χ1v) is 4.31. The predicted molar refractivity (Wildman–Crippen MR) is 48.4 cm³/mol. The minimum Gasteiger partial charge on any atom is -0.480 e. The molecule has 0 rings (SSSR count). The van der Waals surface area contributed by atoms with Crippen LogP contribution in [0.15, 0.2) is 0 Å². The van der Waals surface area contributed by atoms with Gasteiger partial charge in [0.05, 0.1) is 6.54 Å². The summed E-state index contributed by atoms with van der Waals surface area (Å²) >= 11 is 0. The molecule has 0 aliphatic heterocycles. The summed E-state index contributed by atoms with van der Waals surface area (Å²) < 4.78 is 0. The number of hydrogen-bond acceptors (Lipinski definition) is 3.